The first kappa shape index (κ1) is 11.2. The Labute approximate surface area is 92.4 Å². The molecule has 3 heteroatoms. The van der Waals surface area contributed by atoms with E-state index in [1.165, 1.54) is 0 Å². The number of carbonyl (C=O) groups is 1. The fourth-order valence-corrected chi connectivity index (χ4v) is 1.67. The highest BCUT2D eigenvalue weighted by Gasteiger charge is 2.14. The van der Waals surface area contributed by atoms with Crippen LogP contribution in [-0.2, 0) is 4.74 Å². The molecule has 0 aromatic heterocycles. The first-order valence-electron chi connectivity index (χ1n) is 4.50. The molecule has 0 N–H and O–H groups in total. The Hall–Kier alpha value is -0.830. The predicted molar refractivity (Wildman–Crippen MR) is 59.6 cm³/mol. The summed E-state index contributed by atoms with van der Waals surface area (Å²) >= 11 is 3.39. The molecule has 1 aromatic rings. The summed E-state index contributed by atoms with van der Waals surface area (Å²) in [4.78, 5) is 11.6. The SMILES string of the molecule is CCOC(=O)c1c(C)ccc(Br)c1C. The fourth-order valence-electron chi connectivity index (χ4n) is 1.34. The summed E-state index contributed by atoms with van der Waals surface area (Å²) < 4.78 is 5.92. The third kappa shape index (κ3) is 2.15. The normalized spacial score (nSPS) is 10.0. The van der Waals surface area contributed by atoms with Gasteiger partial charge < -0.3 is 4.74 Å². The molecule has 14 heavy (non-hydrogen) atoms. The van der Waals surface area contributed by atoms with Crippen molar-refractivity contribution in [3.8, 4) is 0 Å². The summed E-state index contributed by atoms with van der Waals surface area (Å²) in [6.45, 7) is 6.03. The topological polar surface area (TPSA) is 26.3 Å². The van der Waals surface area contributed by atoms with Crippen LogP contribution in [0.5, 0.6) is 0 Å². The molecule has 0 amide bonds. The van der Waals surface area contributed by atoms with Crippen molar-refractivity contribution in [3.05, 3.63) is 33.3 Å². The highest BCUT2D eigenvalue weighted by Crippen LogP contribution is 2.23. The number of carbonyl (C=O) groups excluding carboxylic acids is 1. The molecule has 0 heterocycles. The molecular weight excluding hydrogens is 244 g/mol. The van der Waals surface area contributed by atoms with Crippen molar-refractivity contribution >= 4 is 21.9 Å². The third-order valence-electron chi connectivity index (χ3n) is 2.09. The molecule has 0 atom stereocenters. The second-order valence-corrected chi connectivity index (χ2v) is 3.94. The quantitative estimate of drug-likeness (QED) is 0.760. The van der Waals surface area contributed by atoms with E-state index in [9.17, 15) is 4.79 Å². The molecular formula is C11H13BrO2. The lowest BCUT2D eigenvalue weighted by atomic mass is 10.0. The van der Waals surface area contributed by atoms with E-state index in [1.54, 1.807) is 6.92 Å². The van der Waals surface area contributed by atoms with Crippen LogP contribution in [0.1, 0.15) is 28.4 Å². The largest absolute Gasteiger partial charge is 0.462 e. The Balaban J connectivity index is 3.18. The van der Waals surface area contributed by atoms with Crippen LogP contribution in [0.15, 0.2) is 16.6 Å². The smallest absolute Gasteiger partial charge is 0.338 e. The molecule has 0 aliphatic carbocycles. The lowest BCUT2D eigenvalue weighted by Crippen LogP contribution is -2.09. The second kappa shape index (κ2) is 4.60. The van der Waals surface area contributed by atoms with Crippen LogP contribution < -0.4 is 0 Å². The Morgan fingerprint density at radius 3 is 2.64 bits per heavy atom. The Kier molecular flexibility index (Phi) is 3.69. The summed E-state index contributed by atoms with van der Waals surface area (Å²) in [5, 5.41) is 0. The first-order valence-corrected chi connectivity index (χ1v) is 5.30. The molecule has 0 saturated heterocycles. The number of benzene rings is 1. The van der Waals surface area contributed by atoms with Crippen LogP contribution in [0.4, 0.5) is 0 Å². The molecule has 0 bridgehead atoms. The summed E-state index contributed by atoms with van der Waals surface area (Å²) in [5.74, 6) is -0.246. The summed E-state index contributed by atoms with van der Waals surface area (Å²) in [6, 6.07) is 3.84. The molecule has 0 spiro atoms. The van der Waals surface area contributed by atoms with Crippen molar-refractivity contribution in [1.82, 2.24) is 0 Å². The summed E-state index contributed by atoms with van der Waals surface area (Å²) in [7, 11) is 0. The predicted octanol–water partition coefficient (Wildman–Crippen LogP) is 3.24. The number of ether oxygens (including phenoxy) is 1. The number of hydrogen-bond donors (Lipinski definition) is 0. The van der Waals surface area contributed by atoms with Gasteiger partial charge in [0.1, 0.15) is 0 Å². The lowest BCUT2D eigenvalue weighted by molar-refractivity contribution is 0.0524. The van der Waals surface area contributed by atoms with Crippen molar-refractivity contribution in [3.63, 3.8) is 0 Å². The van der Waals surface area contributed by atoms with Crippen LogP contribution in [0.25, 0.3) is 0 Å². The zero-order valence-electron chi connectivity index (χ0n) is 8.56. The second-order valence-electron chi connectivity index (χ2n) is 3.08. The highest BCUT2D eigenvalue weighted by molar-refractivity contribution is 9.10. The standard InChI is InChI=1S/C11H13BrO2/c1-4-14-11(13)10-7(2)5-6-9(12)8(10)3/h5-6H,4H2,1-3H3. The minimum Gasteiger partial charge on any atom is -0.462 e. The summed E-state index contributed by atoms with van der Waals surface area (Å²) in [5.41, 5.74) is 2.55. The van der Waals surface area contributed by atoms with Gasteiger partial charge in [-0.15, -0.1) is 0 Å². The van der Waals surface area contributed by atoms with E-state index in [1.807, 2.05) is 26.0 Å². The van der Waals surface area contributed by atoms with Gasteiger partial charge in [0.15, 0.2) is 0 Å². The number of aryl methyl sites for hydroxylation is 1. The van der Waals surface area contributed by atoms with Gasteiger partial charge in [-0.25, -0.2) is 4.79 Å². The minimum atomic E-state index is -0.246. The molecule has 0 aliphatic rings. The molecule has 1 rings (SSSR count). The van der Waals surface area contributed by atoms with Crippen molar-refractivity contribution < 1.29 is 9.53 Å². The number of rotatable bonds is 2. The van der Waals surface area contributed by atoms with E-state index >= 15 is 0 Å². The van der Waals surface area contributed by atoms with Gasteiger partial charge in [0, 0.05) is 4.47 Å². The van der Waals surface area contributed by atoms with Gasteiger partial charge in [0.05, 0.1) is 12.2 Å². The molecule has 0 unspecified atom stereocenters. The maximum atomic E-state index is 11.6. The van der Waals surface area contributed by atoms with E-state index in [-0.39, 0.29) is 5.97 Å². The molecule has 1 aromatic carbocycles. The molecule has 76 valence electrons. The van der Waals surface area contributed by atoms with Crippen LogP contribution in [0, 0.1) is 13.8 Å². The van der Waals surface area contributed by atoms with Crippen molar-refractivity contribution in [1.29, 1.82) is 0 Å². The molecule has 0 aliphatic heterocycles. The number of hydrogen-bond acceptors (Lipinski definition) is 2. The lowest BCUT2D eigenvalue weighted by Gasteiger charge is -2.09. The molecule has 2 nitrogen and oxygen atoms in total. The highest BCUT2D eigenvalue weighted by atomic mass is 79.9. The average molecular weight is 257 g/mol. The third-order valence-corrected chi connectivity index (χ3v) is 2.95. The van der Waals surface area contributed by atoms with E-state index in [0.29, 0.717) is 12.2 Å². The number of halogens is 1. The van der Waals surface area contributed by atoms with E-state index in [2.05, 4.69) is 15.9 Å². The summed E-state index contributed by atoms with van der Waals surface area (Å²) in [6.07, 6.45) is 0. The molecule has 0 saturated carbocycles. The fraction of sp³-hybridized carbons (Fsp3) is 0.364. The van der Waals surface area contributed by atoms with E-state index in [4.69, 9.17) is 4.74 Å². The van der Waals surface area contributed by atoms with Gasteiger partial charge in [0.2, 0.25) is 0 Å². The van der Waals surface area contributed by atoms with Crippen LogP contribution in [0.3, 0.4) is 0 Å². The van der Waals surface area contributed by atoms with Gasteiger partial charge in [-0.3, -0.25) is 0 Å². The molecule has 0 radical (unpaired) electrons. The van der Waals surface area contributed by atoms with Crippen molar-refractivity contribution in [2.45, 2.75) is 20.8 Å². The van der Waals surface area contributed by atoms with Gasteiger partial charge in [-0.05, 0) is 38.0 Å². The monoisotopic (exact) mass is 256 g/mol. The zero-order valence-corrected chi connectivity index (χ0v) is 10.1. The minimum absolute atomic E-state index is 0.246. The Bertz CT molecular complexity index is 359. The maximum absolute atomic E-state index is 11.6. The Morgan fingerprint density at radius 2 is 2.07 bits per heavy atom. The van der Waals surface area contributed by atoms with Crippen LogP contribution >= 0.6 is 15.9 Å². The number of esters is 1. The van der Waals surface area contributed by atoms with Crippen molar-refractivity contribution in [2.75, 3.05) is 6.61 Å². The van der Waals surface area contributed by atoms with Gasteiger partial charge in [0.25, 0.3) is 0 Å². The Morgan fingerprint density at radius 1 is 1.43 bits per heavy atom. The van der Waals surface area contributed by atoms with Gasteiger partial charge >= 0.3 is 5.97 Å². The van der Waals surface area contributed by atoms with Crippen molar-refractivity contribution in [2.24, 2.45) is 0 Å². The average Bonchev–Trinajstić information content (AvgIpc) is 2.13. The van der Waals surface area contributed by atoms with Crippen LogP contribution in [0.2, 0.25) is 0 Å². The van der Waals surface area contributed by atoms with E-state index in [0.717, 1.165) is 15.6 Å². The first-order chi connectivity index (χ1) is 6.57. The van der Waals surface area contributed by atoms with Gasteiger partial charge in [-0.2, -0.15) is 0 Å². The maximum Gasteiger partial charge on any atom is 0.338 e. The zero-order chi connectivity index (χ0) is 10.7. The van der Waals surface area contributed by atoms with E-state index < -0.39 is 0 Å². The van der Waals surface area contributed by atoms with Gasteiger partial charge in [-0.1, -0.05) is 22.0 Å². The van der Waals surface area contributed by atoms with Crippen LogP contribution in [-0.4, -0.2) is 12.6 Å². The molecule has 0 fully saturated rings.